The van der Waals surface area contributed by atoms with Gasteiger partial charge in [0.25, 0.3) is 0 Å². The van der Waals surface area contributed by atoms with E-state index >= 15 is 0 Å². The van der Waals surface area contributed by atoms with E-state index in [2.05, 4.69) is 5.10 Å². The molecule has 0 saturated carbocycles. The first-order chi connectivity index (χ1) is 12.1. The zero-order valence-corrected chi connectivity index (χ0v) is 13.0. The third-order valence-electron chi connectivity index (χ3n) is 4.25. The summed E-state index contributed by atoms with van der Waals surface area (Å²) in [5.74, 6) is -1.18. The van der Waals surface area contributed by atoms with E-state index in [9.17, 15) is 19.2 Å². The molecule has 0 atom stereocenters. The molecule has 0 unspecified atom stereocenters. The molecule has 0 amide bonds. The predicted molar refractivity (Wildman–Crippen MR) is 84.6 cm³/mol. The molecule has 0 spiro atoms. The Morgan fingerprint density at radius 1 is 1.00 bits per heavy atom. The second-order valence-corrected chi connectivity index (χ2v) is 5.75. The number of aromatic nitrogens is 3. The van der Waals surface area contributed by atoms with E-state index in [0.29, 0.717) is 6.42 Å². The van der Waals surface area contributed by atoms with Crippen molar-refractivity contribution in [1.29, 1.82) is 0 Å². The Bertz CT molecular complexity index is 1010. The zero-order chi connectivity index (χ0) is 17.6. The summed E-state index contributed by atoms with van der Waals surface area (Å²) in [5, 5.41) is 15.8. The van der Waals surface area contributed by atoms with Crippen molar-refractivity contribution in [3.05, 3.63) is 87.6 Å². The van der Waals surface area contributed by atoms with Crippen molar-refractivity contribution in [3.63, 3.8) is 0 Å². The van der Waals surface area contributed by atoms with Crippen molar-refractivity contribution in [1.82, 2.24) is 9.78 Å². The summed E-state index contributed by atoms with van der Waals surface area (Å²) < 4.78 is 14.1. The van der Waals surface area contributed by atoms with Crippen molar-refractivity contribution in [2.45, 2.75) is 13.0 Å². The molecule has 6 nitrogen and oxygen atoms in total. The van der Waals surface area contributed by atoms with E-state index in [1.54, 1.807) is 36.4 Å². The fraction of sp³-hybridized carbons (Fsp3) is 0.111. The van der Waals surface area contributed by atoms with Crippen LogP contribution in [0.5, 0.6) is 0 Å². The van der Waals surface area contributed by atoms with Crippen LogP contribution in [0.25, 0.3) is 0 Å². The third kappa shape index (κ3) is 2.40. The highest BCUT2D eigenvalue weighted by molar-refractivity contribution is 6.26. The minimum atomic E-state index is -0.435. The lowest BCUT2D eigenvalue weighted by Gasteiger charge is -2.12. The molecule has 3 aromatic rings. The number of nitrogens with zero attached hydrogens (tertiary/aromatic N) is 3. The molecule has 0 bridgehead atoms. The lowest BCUT2D eigenvalue weighted by atomic mass is 9.90. The van der Waals surface area contributed by atoms with Crippen LogP contribution in [0.4, 0.5) is 4.39 Å². The van der Waals surface area contributed by atoms with E-state index in [1.807, 2.05) is 0 Å². The predicted octanol–water partition coefficient (Wildman–Crippen LogP) is 1.67. The van der Waals surface area contributed by atoms with Crippen molar-refractivity contribution < 1.29 is 18.9 Å². The summed E-state index contributed by atoms with van der Waals surface area (Å²) >= 11 is 0. The minimum absolute atomic E-state index is 0.000752. The van der Waals surface area contributed by atoms with Gasteiger partial charge in [-0.05, 0) is 24.1 Å². The first-order valence-electron chi connectivity index (χ1n) is 7.70. The standard InChI is InChI=1S/C18H12FN3O3/c19-12-7-5-11(6-8-12)9-10-21-16-15(20-22(21)25)17(23)13-3-1-2-4-14(13)18(16)24/h1-8H,9-10H2. The van der Waals surface area contributed by atoms with E-state index in [4.69, 9.17) is 0 Å². The molecule has 25 heavy (non-hydrogen) atoms. The van der Waals surface area contributed by atoms with Gasteiger partial charge in [-0.3, -0.25) is 9.59 Å². The molecule has 0 saturated heterocycles. The quantitative estimate of drug-likeness (QED) is 0.421. The maximum atomic E-state index is 13.0. The highest BCUT2D eigenvalue weighted by Crippen LogP contribution is 2.25. The fourth-order valence-corrected chi connectivity index (χ4v) is 2.99. The van der Waals surface area contributed by atoms with Gasteiger partial charge in [0, 0.05) is 21.2 Å². The van der Waals surface area contributed by atoms with Crippen LogP contribution in [0.3, 0.4) is 0 Å². The smallest absolute Gasteiger partial charge is 0.220 e. The molecule has 1 aliphatic rings. The van der Waals surface area contributed by atoms with Crippen LogP contribution in [-0.2, 0) is 13.0 Å². The molecule has 124 valence electrons. The SMILES string of the molecule is O=C1c2ccccc2C(=O)c2c1n[n+]([O-])n2CCc1ccc(F)cc1. The topological polar surface area (TPSA) is 78.9 Å². The van der Waals surface area contributed by atoms with E-state index < -0.39 is 11.6 Å². The Labute approximate surface area is 141 Å². The number of rotatable bonds is 3. The van der Waals surface area contributed by atoms with Crippen LogP contribution in [-0.4, -0.2) is 21.3 Å². The molecule has 4 rings (SSSR count). The average Bonchev–Trinajstić information content (AvgIpc) is 2.96. The van der Waals surface area contributed by atoms with Gasteiger partial charge in [0.15, 0.2) is 5.69 Å². The number of hydrogen-bond donors (Lipinski definition) is 0. The largest absolute Gasteiger partial charge is 0.571 e. The lowest BCUT2D eigenvalue weighted by Crippen LogP contribution is -2.41. The summed E-state index contributed by atoms with van der Waals surface area (Å²) in [4.78, 5) is 25.5. The monoisotopic (exact) mass is 337 g/mol. The molecule has 0 N–H and O–H groups in total. The van der Waals surface area contributed by atoms with Gasteiger partial charge in [0.2, 0.25) is 17.3 Å². The van der Waals surface area contributed by atoms with Gasteiger partial charge < -0.3 is 5.21 Å². The number of carbonyl (C=O) groups is 2. The molecule has 0 fully saturated rings. The minimum Gasteiger partial charge on any atom is -0.571 e. The second-order valence-electron chi connectivity index (χ2n) is 5.75. The molecule has 0 aliphatic heterocycles. The Balaban J connectivity index is 1.71. The third-order valence-corrected chi connectivity index (χ3v) is 4.25. The molecule has 2 aromatic carbocycles. The normalized spacial score (nSPS) is 12.8. The van der Waals surface area contributed by atoms with Gasteiger partial charge in [-0.2, -0.15) is 0 Å². The van der Waals surface area contributed by atoms with Gasteiger partial charge >= 0.3 is 0 Å². The first kappa shape index (κ1) is 15.2. The van der Waals surface area contributed by atoms with E-state index in [0.717, 1.165) is 10.2 Å². The van der Waals surface area contributed by atoms with Crippen LogP contribution in [0.2, 0.25) is 0 Å². The van der Waals surface area contributed by atoms with Crippen molar-refractivity contribution in [2.24, 2.45) is 0 Å². The number of benzene rings is 2. The molecule has 1 heterocycles. The summed E-state index contributed by atoms with van der Waals surface area (Å²) in [6, 6.07) is 12.3. The van der Waals surface area contributed by atoms with Crippen LogP contribution in [0.15, 0.2) is 48.5 Å². The molecular formula is C18H12FN3O3. The average molecular weight is 337 g/mol. The number of halogens is 1. The van der Waals surface area contributed by atoms with Crippen molar-refractivity contribution >= 4 is 11.6 Å². The lowest BCUT2D eigenvalue weighted by molar-refractivity contribution is -0.749. The molecule has 1 aromatic heterocycles. The molecule has 0 radical (unpaired) electrons. The van der Waals surface area contributed by atoms with Crippen LogP contribution in [0, 0.1) is 11.0 Å². The highest BCUT2D eigenvalue weighted by Gasteiger charge is 2.38. The summed E-state index contributed by atoms with van der Waals surface area (Å²) in [6.45, 7) is 0.151. The summed E-state index contributed by atoms with van der Waals surface area (Å²) in [5.41, 5.74) is 1.20. The molecule has 7 heteroatoms. The fourth-order valence-electron chi connectivity index (χ4n) is 2.99. The zero-order valence-electron chi connectivity index (χ0n) is 13.0. The maximum absolute atomic E-state index is 13.0. The van der Waals surface area contributed by atoms with Gasteiger partial charge in [-0.1, -0.05) is 36.4 Å². The van der Waals surface area contributed by atoms with E-state index in [-0.39, 0.29) is 39.8 Å². The highest BCUT2D eigenvalue weighted by atomic mass is 19.1. The Kier molecular flexibility index (Phi) is 3.42. The van der Waals surface area contributed by atoms with E-state index in [1.165, 1.54) is 12.1 Å². The van der Waals surface area contributed by atoms with Crippen LogP contribution < -0.4 is 4.96 Å². The molecule has 1 aliphatic carbocycles. The van der Waals surface area contributed by atoms with Gasteiger partial charge in [-0.25, -0.2) is 4.39 Å². The number of fused-ring (bicyclic) bond motifs is 2. The maximum Gasteiger partial charge on any atom is 0.220 e. The Morgan fingerprint density at radius 3 is 2.32 bits per heavy atom. The number of ketones is 2. The van der Waals surface area contributed by atoms with Crippen molar-refractivity contribution in [2.75, 3.05) is 0 Å². The Morgan fingerprint density at radius 2 is 1.64 bits per heavy atom. The van der Waals surface area contributed by atoms with Gasteiger partial charge in [0.05, 0.1) is 6.54 Å². The Hall–Kier alpha value is -3.35. The van der Waals surface area contributed by atoms with Gasteiger partial charge in [0.1, 0.15) is 5.82 Å². The second kappa shape index (κ2) is 5.62. The summed E-state index contributed by atoms with van der Waals surface area (Å²) in [6.07, 6.45) is 0.397. The number of hydrogen-bond acceptors (Lipinski definition) is 4. The number of aryl methyl sites for hydroxylation is 1. The first-order valence-corrected chi connectivity index (χ1v) is 7.70. The molecular weight excluding hydrogens is 325 g/mol. The van der Waals surface area contributed by atoms with Crippen LogP contribution in [0.1, 0.15) is 37.7 Å². The summed E-state index contributed by atoms with van der Waals surface area (Å²) in [7, 11) is 0. The van der Waals surface area contributed by atoms with Crippen molar-refractivity contribution in [3.8, 4) is 0 Å². The van der Waals surface area contributed by atoms with Gasteiger partial charge in [-0.15, -0.1) is 4.68 Å². The number of carbonyl (C=O) groups excluding carboxylic acids is 2. The van der Waals surface area contributed by atoms with Crippen LogP contribution >= 0.6 is 0 Å².